The van der Waals surface area contributed by atoms with Crippen LogP contribution < -0.4 is 0 Å². The van der Waals surface area contributed by atoms with Crippen LogP contribution in [0.1, 0.15) is 50.7 Å². The van der Waals surface area contributed by atoms with Crippen LogP contribution in [0.4, 0.5) is 48.3 Å². The molecule has 0 aliphatic rings. The van der Waals surface area contributed by atoms with Gasteiger partial charge in [-0.25, -0.2) is 0 Å². The molecule has 30 heavy (non-hydrogen) atoms. The lowest BCUT2D eigenvalue weighted by atomic mass is 9.84. The molecule has 0 aliphatic heterocycles. The maximum Gasteiger partial charge on any atom is 0.460 e. The molecular weight excluding hydrogens is 441 g/mol. The molecule has 0 spiro atoms. The van der Waals surface area contributed by atoms with E-state index in [9.17, 15) is 53.4 Å². The molecule has 1 aromatic carbocycles. The van der Waals surface area contributed by atoms with Gasteiger partial charge in [0.05, 0.1) is 12.0 Å². The lowest BCUT2D eigenvalue weighted by Gasteiger charge is -2.39. The summed E-state index contributed by atoms with van der Waals surface area (Å²) in [7, 11) is 0. The van der Waals surface area contributed by atoms with E-state index in [0.29, 0.717) is 18.9 Å². The van der Waals surface area contributed by atoms with Gasteiger partial charge in [-0.1, -0.05) is 38.1 Å². The molecule has 0 heterocycles. The number of hydrogen-bond acceptors (Lipinski definition) is 1. The minimum absolute atomic E-state index is 0.00179. The molecule has 1 nitrogen and oxygen atoms in total. The highest BCUT2D eigenvalue weighted by atomic mass is 19.4. The summed E-state index contributed by atoms with van der Waals surface area (Å²) in [5, 5.41) is 10.1. The van der Waals surface area contributed by atoms with Gasteiger partial charge in [-0.3, -0.25) is 0 Å². The van der Waals surface area contributed by atoms with Crippen molar-refractivity contribution in [3.8, 4) is 0 Å². The molecule has 0 saturated carbocycles. The molecule has 2 atom stereocenters. The lowest BCUT2D eigenvalue weighted by molar-refractivity contribution is -0.424. The fraction of sp³-hybridized carbons (Fsp3) is 0.667. The van der Waals surface area contributed by atoms with Crippen LogP contribution in [0.2, 0.25) is 0 Å². The highest BCUT2D eigenvalue weighted by Gasteiger charge is 2.87. The molecular formula is C18H19F11O. The van der Waals surface area contributed by atoms with Crippen molar-refractivity contribution in [2.45, 2.75) is 75.0 Å². The van der Waals surface area contributed by atoms with E-state index in [1.807, 2.05) is 6.92 Å². The fourth-order valence-electron chi connectivity index (χ4n) is 2.66. The second-order valence-electron chi connectivity index (χ2n) is 7.31. The number of alkyl halides is 11. The number of hydrogen-bond donors (Lipinski definition) is 1. The first-order valence-corrected chi connectivity index (χ1v) is 8.56. The van der Waals surface area contributed by atoms with Crippen LogP contribution in [0.25, 0.3) is 0 Å². The van der Waals surface area contributed by atoms with Crippen LogP contribution in [0, 0.1) is 0 Å². The SMILES string of the molecule is CCC(C)c1ccc(C(C)(O)CC(F)(F)C(F)(F)C(F)(F)C(F)(F)C(F)(F)F)cc1. The Kier molecular flexibility index (Phi) is 6.90. The Bertz CT molecular complexity index is 721. The standard InChI is InChI=1S/C18H19F11O/c1-4-10(2)11-5-7-12(8-6-11)13(3,30)9-14(19,20)15(21,22)16(23,24)17(25,26)18(27,28)29/h5-8,10,30H,4,9H2,1-3H3. The highest BCUT2D eigenvalue weighted by molar-refractivity contribution is 5.29. The van der Waals surface area contributed by atoms with Gasteiger partial charge in [0.15, 0.2) is 0 Å². The molecule has 0 fully saturated rings. The lowest BCUT2D eigenvalue weighted by Crippen LogP contribution is -2.67. The molecule has 0 bridgehead atoms. The van der Waals surface area contributed by atoms with Crippen molar-refractivity contribution in [1.29, 1.82) is 0 Å². The summed E-state index contributed by atoms with van der Waals surface area (Å²) in [6.07, 6.45) is -9.09. The summed E-state index contributed by atoms with van der Waals surface area (Å²) in [4.78, 5) is 0. The fourth-order valence-corrected chi connectivity index (χ4v) is 2.66. The third-order valence-electron chi connectivity index (χ3n) is 4.88. The van der Waals surface area contributed by atoms with Crippen molar-refractivity contribution in [2.75, 3.05) is 0 Å². The zero-order valence-electron chi connectivity index (χ0n) is 15.9. The van der Waals surface area contributed by atoms with E-state index in [0.717, 1.165) is 12.1 Å². The summed E-state index contributed by atoms with van der Waals surface area (Å²) in [6, 6.07) is 4.78. The normalized spacial score (nSPS) is 17.6. The van der Waals surface area contributed by atoms with E-state index < -0.39 is 47.5 Å². The van der Waals surface area contributed by atoms with Crippen molar-refractivity contribution >= 4 is 0 Å². The van der Waals surface area contributed by atoms with Gasteiger partial charge in [-0.15, -0.1) is 0 Å². The first kappa shape index (κ1) is 26.4. The Morgan fingerprint density at radius 3 is 1.57 bits per heavy atom. The van der Waals surface area contributed by atoms with Crippen molar-refractivity contribution in [2.24, 2.45) is 0 Å². The van der Waals surface area contributed by atoms with Crippen LogP contribution in [-0.2, 0) is 5.60 Å². The van der Waals surface area contributed by atoms with Gasteiger partial charge in [0.2, 0.25) is 0 Å². The summed E-state index contributed by atoms with van der Waals surface area (Å²) in [5.41, 5.74) is -2.73. The zero-order chi connectivity index (χ0) is 24.0. The molecule has 0 amide bonds. The molecule has 0 saturated heterocycles. The van der Waals surface area contributed by atoms with Gasteiger partial charge in [0.1, 0.15) is 0 Å². The molecule has 1 rings (SSSR count). The van der Waals surface area contributed by atoms with Gasteiger partial charge >= 0.3 is 29.9 Å². The quantitative estimate of drug-likeness (QED) is 0.419. The van der Waals surface area contributed by atoms with Crippen LogP contribution in [0.3, 0.4) is 0 Å². The van der Waals surface area contributed by atoms with Crippen LogP contribution in [-0.4, -0.2) is 35.0 Å². The van der Waals surface area contributed by atoms with Crippen molar-refractivity contribution in [1.82, 2.24) is 0 Å². The summed E-state index contributed by atoms with van der Waals surface area (Å²) in [5.74, 6) is -28.2. The summed E-state index contributed by atoms with van der Waals surface area (Å²) in [6.45, 7) is 4.15. The average molecular weight is 460 g/mol. The Morgan fingerprint density at radius 2 is 1.20 bits per heavy atom. The maximum absolute atomic E-state index is 14.0. The Hall–Kier alpha value is -1.59. The predicted octanol–water partition coefficient (Wildman–Crippen LogP) is 6.90. The molecule has 2 unspecified atom stereocenters. The topological polar surface area (TPSA) is 20.2 Å². The van der Waals surface area contributed by atoms with Gasteiger partial charge in [-0.2, -0.15) is 48.3 Å². The van der Waals surface area contributed by atoms with E-state index in [1.54, 1.807) is 6.92 Å². The van der Waals surface area contributed by atoms with Gasteiger partial charge in [0, 0.05) is 0 Å². The molecule has 0 aromatic heterocycles. The van der Waals surface area contributed by atoms with Crippen molar-refractivity contribution in [3.05, 3.63) is 35.4 Å². The molecule has 1 aromatic rings. The predicted molar refractivity (Wildman–Crippen MR) is 85.2 cm³/mol. The number of aliphatic hydroxyl groups is 1. The minimum atomic E-state index is -7.49. The molecule has 0 radical (unpaired) electrons. The van der Waals surface area contributed by atoms with E-state index in [2.05, 4.69) is 0 Å². The smallest absolute Gasteiger partial charge is 0.385 e. The third kappa shape index (κ3) is 4.38. The van der Waals surface area contributed by atoms with Crippen LogP contribution in [0.5, 0.6) is 0 Å². The van der Waals surface area contributed by atoms with Crippen molar-refractivity contribution < 1.29 is 53.4 Å². The van der Waals surface area contributed by atoms with E-state index in [4.69, 9.17) is 0 Å². The van der Waals surface area contributed by atoms with Gasteiger partial charge in [-0.05, 0) is 30.4 Å². The molecule has 0 aliphatic carbocycles. The second-order valence-corrected chi connectivity index (χ2v) is 7.31. The largest absolute Gasteiger partial charge is 0.460 e. The molecule has 174 valence electrons. The van der Waals surface area contributed by atoms with Crippen LogP contribution >= 0.6 is 0 Å². The van der Waals surface area contributed by atoms with Gasteiger partial charge < -0.3 is 5.11 Å². The monoisotopic (exact) mass is 460 g/mol. The Morgan fingerprint density at radius 1 is 0.767 bits per heavy atom. The van der Waals surface area contributed by atoms with Crippen molar-refractivity contribution in [3.63, 3.8) is 0 Å². The van der Waals surface area contributed by atoms with E-state index in [-0.39, 0.29) is 5.92 Å². The van der Waals surface area contributed by atoms with Crippen LogP contribution in [0.15, 0.2) is 24.3 Å². The summed E-state index contributed by atoms with van der Waals surface area (Å²) >= 11 is 0. The highest BCUT2D eigenvalue weighted by Crippen LogP contribution is 2.59. The number of halogens is 11. The minimum Gasteiger partial charge on any atom is -0.385 e. The van der Waals surface area contributed by atoms with Gasteiger partial charge in [0.25, 0.3) is 0 Å². The third-order valence-corrected chi connectivity index (χ3v) is 4.88. The van der Waals surface area contributed by atoms with E-state index >= 15 is 0 Å². The molecule has 1 N–H and O–H groups in total. The maximum atomic E-state index is 14.0. The molecule has 12 heteroatoms. The zero-order valence-corrected chi connectivity index (χ0v) is 15.9. The van der Waals surface area contributed by atoms with E-state index in [1.165, 1.54) is 12.1 Å². The Labute approximate surface area is 164 Å². The average Bonchev–Trinajstić information content (AvgIpc) is 2.58. The second kappa shape index (κ2) is 7.83. The first-order chi connectivity index (χ1) is 13.2. The Balaban J connectivity index is 3.29. The first-order valence-electron chi connectivity index (χ1n) is 8.56. The summed E-state index contributed by atoms with van der Waals surface area (Å²) < 4.78 is 144. The number of rotatable bonds is 8. The number of benzene rings is 1.